The Morgan fingerprint density at radius 1 is 1.30 bits per heavy atom. The van der Waals surface area contributed by atoms with Gasteiger partial charge in [-0.25, -0.2) is 8.42 Å². The van der Waals surface area contributed by atoms with Crippen LogP contribution in [-0.2, 0) is 14.8 Å². The van der Waals surface area contributed by atoms with E-state index in [1.54, 1.807) is 0 Å². The molecule has 0 aromatic heterocycles. The molecule has 2 N–H and O–H groups in total. The minimum absolute atomic E-state index is 0.421. The monoisotopic (exact) mass is 313 g/mol. The van der Waals surface area contributed by atoms with Crippen molar-refractivity contribution in [1.82, 2.24) is 0 Å². The minimum atomic E-state index is -4.97. The van der Waals surface area contributed by atoms with Gasteiger partial charge in [0.25, 0.3) is 0 Å². The molecule has 0 saturated carbocycles. The first-order valence-corrected chi connectivity index (χ1v) is 6.81. The number of halogens is 3. The van der Waals surface area contributed by atoms with E-state index in [0.717, 1.165) is 12.1 Å². The summed E-state index contributed by atoms with van der Waals surface area (Å²) in [6.45, 7) is 0. The number of aliphatic carboxylic acids is 1. The molecule has 0 amide bonds. The third-order valence-corrected chi connectivity index (χ3v) is 3.24. The van der Waals surface area contributed by atoms with Gasteiger partial charge in [0.2, 0.25) is 10.0 Å². The van der Waals surface area contributed by atoms with Crippen molar-refractivity contribution in [2.75, 3.05) is 10.5 Å². The molecule has 0 heterocycles. The lowest BCUT2D eigenvalue weighted by Gasteiger charge is -2.14. The van der Waals surface area contributed by atoms with Gasteiger partial charge in [0.1, 0.15) is 0 Å². The standard InChI is InChI=1S/C10H10F3NO5S/c11-10(12,13)19-8-4-2-1-3-7(8)14-20(17,18)6-5-9(15)16/h1-4,14H,5-6H2,(H,15,16). The van der Waals surface area contributed by atoms with E-state index >= 15 is 0 Å². The van der Waals surface area contributed by atoms with E-state index in [9.17, 15) is 26.4 Å². The Bertz CT molecular complexity index is 585. The number of para-hydroxylation sites is 2. The number of hydrogen-bond donors (Lipinski definition) is 2. The lowest BCUT2D eigenvalue weighted by Crippen LogP contribution is -2.21. The summed E-state index contributed by atoms with van der Waals surface area (Å²) >= 11 is 0. The fraction of sp³-hybridized carbons (Fsp3) is 0.300. The van der Waals surface area contributed by atoms with E-state index in [4.69, 9.17) is 5.11 Å². The van der Waals surface area contributed by atoms with Crippen molar-refractivity contribution in [1.29, 1.82) is 0 Å². The molecule has 20 heavy (non-hydrogen) atoms. The smallest absolute Gasteiger partial charge is 0.481 e. The number of alkyl halides is 3. The molecule has 0 aliphatic heterocycles. The second kappa shape index (κ2) is 5.99. The summed E-state index contributed by atoms with van der Waals surface area (Å²) in [7, 11) is -4.09. The fourth-order valence-corrected chi connectivity index (χ4v) is 2.25. The number of ether oxygens (including phenoxy) is 1. The molecular formula is C10H10F3NO5S. The second-order valence-electron chi connectivity index (χ2n) is 3.61. The van der Waals surface area contributed by atoms with E-state index in [2.05, 4.69) is 4.74 Å². The van der Waals surface area contributed by atoms with E-state index < -0.39 is 46.0 Å². The Kier molecular flexibility index (Phi) is 4.82. The van der Waals surface area contributed by atoms with Crippen LogP contribution in [0.2, 0.25) is 0 Å². The SMILES string of the molecule is O=C(O)CCS(=O)(=O)Nc1ccccc1OC(F)(F)F. The molecule has 10 heteroatoms. The van der Waals surface area contributed by atoms with Gasteiger partial charge in [0, 0.05) is 0 Å². The van der Waals surface area contributed by atoms with Gasteiger partial charge in [-0.1, -0.05) is 12.1 Å². The number of rotatable bonds is 6. The Labute approximate surface area is 112 Å². The summed E-state index contributed by atoms with van der Waals surface area (Å²) in [5.41, 5.74) is -0.421. The predicted molar refractivity (Wildman–Crippen MR) is 62.8 cm³/mol. The zero-order chi connectivity index (χ0) is 15.4. The van der Waals surface area contributed by atoms with Crippen LogP contribution in [0.25, 0.3) is 0 Å². The maximum atomic E-state index is 12.1. The average molecular weight is 313 g/mol. The van der Waals surface area contributed by atoms with Gasteiger partial charge in [0.05, 0.1) is 17.9 Å². The van der Waals surface area contributed by atoms with Crippen LogP contribution in [0.3, 0.4) is 0 Å². The van der Waals surface area contributed by atoms with Gasteiger partial charge in [-0.15, -0.1) is 13.2 Å². The summed E-state index contributed by atoms with van der Waals surface area (Å²) < 4.78 is 64.9. The summed E-state index contributed by atoms with van der Waals surface area (Å²) in [6, 6.07) is 4.54. The first-order valence-electron chi connectivity index (χ1n) is 5.16. The van der Waals surface area contributed by atoms with E-state index in [-0.39, 0.29) is 0 Å². The highest BCUT2D eigenvalue weighted by Gasteiger charge is 2.32. The van der Waals surface area contributed by atoms with Crippen LogP contribution in [0.1, 0.15) is 6.42 Å². The van der Waals surface area contributed by atoms with Crippen molar-refractivity contribution < 1.29 is 36.2 Å². The van der Waals surface area contributed by atoms with Crippen LogP contribution in [-0.4, -0.2) is 31.6 Å². The van der Waals surface area contributed by atoms with Crippen molar-refractivity contribution >= 4 is 21.7 Å². The van der Waals surface area contributed by atoms with Gasteiger partial charge in [-0.05, 0) is 12.1 Å². The topological polar surface area (TPSA) is 92.7 Å². The number of sulfonamides is 1. The van der Waals surface area contributed by atoms with Crippen molar-refractivity contribution in [3.8, 4) is 5.75 Å². The second-order valence-corrected chi connectivity index (χ2v) is 5.45. The zero-order valence-electron chi connectivity index (χ0n) is 9.85. The number of carboxylic acids is 1. The molecule has 0 bridgehead atoms. The first-order chi connectivity index (χ1) is 9.09. The van der Waals surface area contributed by atoms with E-state index in [1.165, 1.54) is 12.1 Å². The zero-order valence-corrected chi connectivity index (χ0v) is 10.7. The summed E-state index contributed by atoms with van der Waals surface area (Å²) in [6.07, 6.45) is -5.64. The maximum absolute atomic E-state index is 12.1. The minimum Gasteiger partial charge on any atom is -0.481 e. The highest BCUT2D eigenvalue weighted by Crippen LogP contribution is 2.30. The number of hydrogen-bond acceptors (Lipinski definition) is 4. The van der Waals surface area contributed by atoms with Crippen molar-refractivity contribution in [2.24, 2.45) is 0 Å². The van der Waals surface area contributed by atoms with Gasteiger partial charge in [-0.3, -0.25) is 9.52 Å². The molecule has 0 aliphatic rings. The normalized spacial score (nSPS) is 11.9. The van der Waals surface area contributed by atoms with Crippen LogP contribution in [0.4, 0.5) is 18.9 Å². The lowest BCUT2D eigenvalue weighted by atomic mass is 10.3. The molecule has 0 atom stereocenters. The Balaban J connectivity index is 2.89. The van der Waals surface area contributed by atoms with Crippen LogP contribution in [0, 0.1) is 0 Å². The predicted octanol–water partition coefficient (Wildman–Crippen LogP) is 1.80. The molecule has 0 fully saturated rings. The molecule has 1 rings (SSSR count). The third kappa shape index (κ3) is 5.78. The summed E-state index contributed by atoms with van der Waals surface area (Å²) in [5.74, 6) is -2.82. The van der Waals surface area contributed by atoms with Gasteiger partial charge in [0.15, 0.2) is 5.75 Å². The Morgan fingerprint density at radius 3 is 2.45 bits per heavy atom. The van der Waals surface area contributed by atoms with Gasteiger partial charge in [-0.2, -0.15) is 0 Å². The maximum Gasteiger partial charge on any atom is 0.573 e. The molecule has 0 aliphatic carbocycles. The molecule has 0 spiro atoms. The van der Waals surface area contributed by atoms with Gasteiger partial charge < -0.3 is 9.84 Å². The van der Waals surface area contributed by atoms with Crippen LogP contribution < -0.4 is 9.46 Å². The Morgan fingerprint density at radius 2 is 1.90 bits per heavy atom. The highest BCUT2D eigenvalue weighted by molar-refractivity contribution is 7.92. The average Bonchev–Trinajstić information content (AvgIpc) is 2.27. The highest BCUT2D eigenvalue weighted by atomic mass is 32.2. The number of carbonyl (C=O) groups is 1. The molecule has 0 unspecified atom stereocenters. The van der Waals surface area contributed by atoms with E-state index in [0.29, 0.717) is 0 Å². The molecular weight excluding hydrogens is 303 g/mol. The summed E-state index contributed by atoms with van der Waals surface area (Å²) in [5, 5.41) is 8.38. The fourth-order valence-electron chi connectivity index (χ4n) is 1.20. The third-order valence-electron chi connectivity index (χ3n) is 1.96. The van der Waals surface area contributed by atoms with Crippen molar-refractivity contribution in [3.05, 3.63) is 24.3 Å². The Hall–Kier alpha value is -1.97. The number of carboxylic acid groups (broad SMARTS) is 1. The van der Waals surface area contributed by atoms with Crippen molar-refractivity contribution in [3.63, 3.8) is 0 Å². The number of nitrogens with one attached hydrogen (secondary N) is 1. The number of anilines is 1. The van der Waals surface area contributed by atoms with E-state index in [1.807, 2.05) is 4.72 Å². The molecule has 112 valence electrons. The first kappa shape index (κ1) is 16.1. The van der Waals surface area contributed by atoms with Crippen molar-refractivity contribution in [2.45, 2.75) is 12.8 Å². The van der Waals surface area contributed by atoms with Crippen LogP contribution >= 0.6 is 0 Å². The number of benzene rings is 1. The molecule has 0 saturated heterocycles. The molecule has 6 nitrogen and oxygen atoms in total. The lowest BCUT2D eigenvalue weighted by molar-refractivity contribution is -0.274. The van der Waals surface area contributed by atoms with Crippen LogP contribution in [0.5, 0.6) is 5.75 Å². The molecule has 1 aromatic carbocycles. The summed E-state index contributed by atoms with van der Waals surface area (Å²) in [4.78, 5) is 10.3. The molecule has 0 radical (unpaired) electrons. The quantitative estimate of drug-likeness (QED) is 0.835. The largest absolute Gasteiger partial charge is 0.573 e. The van der Waals surface area contributed by atoms with Gasteiger partial charge >= 0.3 is 12.3 Å². The molecule has 1 aromatic rings. The van der Waals surface area contributed by atoms with Crippen LogP contribution in [0.15, 0.2) is 24.3 Å².